The molecule has 114 valence electrons. The number of benzene rings is 1. The van der Waals surface area contributed by atoms with E-state index in [1.165, 1.54) is 11.4 Å². The van der Waals surface area contributed by atoms with Gasteiger partial charge >= 0.3 is 0 Å². The first-order valence-corrected chi connectivity index (χ1v) is 8.14. The summed E-state index contributed by atoms with van der Waals surface area (Å²) in [6.07, 6.45) is 0.909. The first kappa shape index (κ1) is 16.9. The van der Waals surface area contributed by atoms with Crippen LogP contribution in [0.3, 0.4) is 0 Å². The molecule has 0 amide bonds. The SMILES string of the molecule is CCCNc1ccccc1S(=O)(=O)N(C)C(C)(C)CO. The molecule has 0 heterocycles. The Balaban J connectivity index is 3.22. The Morgan fingerprint density at radius 3 is 2.45 bits per heavy atom. The summed E-state index contributed by atoms with van der Waals surface area (Å²) in [5, 5.41) is 12.5. The van der Waals surface area contributed by atoms with Crippen LogP contribution in [0.1, 0.15) is 27.2 Å². The van der Waals surface area contributed by atoms with Crippen molar-refractivity contribution < 1.29 is 13.5 Å². The molecule has 6 heteroatoms. The average Bonchev–Trinajstić information content (AvgIpc) is 2.44. The summed E-state index contributed by atoms with van der Waals surface area (Å²) in [5.74, 6) is 0. The number of nitrogens with zero attached hydrogens (tertiary/aromatic N) is 1. The molecule has 0 radical (unpaired) electrons. The average molecular weight is 300 g/mol. The van der Waals surface area contributed by atoms with E-state index in [2.05, 4.69) is 5.32 Å². The molecule has 0 aromatic heterocycles. The van der Waals surface area contributed by atoms with Crippen LogP contribution in [0.25, 0.3) is 0 Å². The van der Waals surface area contributed by atoms with Gasteiger partial charge in [-0.05, 0) is 32.4 Å². The van der Waals surface area contributed by atoms with Gasteiger partial charge in [-0.2, -0.15) is 4.31 Å². The van der Waals surface area contributed by atoms with E-state index in [4.69, 9.17) is 0 Å². The van der Waals surface area contributed by atoms with E-state index in [0.29, 0.717) is 12.2 Å². The Hall–Kier alpha value is -1.11. The van der Waals surface area contributed by atoms with E-state index < -0.39 is 15.6 Å². The number of sulfonamides is 1. The smallest absolute Gasteiger partial charge is 0.245 e. The van der Waals surface area contributed by atoms with Gasteiger partial charge in [-0.15, -0.1) is 0 Å². The summed E-state index contributed by atoms with van der Waals surface area (Å²) in [7, 11) is -2.17. The number of hydrogen-bond donors (Lipinski definition) is 2. The molecule has 0 unspecified atom stereocenters. The Bertz CT molecular complexity index is 541. The molecule has 5 nitrogen and oxygen atoms in total. The molecule has 0 aliphatic heterocycles. The fourth-order valence-electron chi connectivity index (χ4n) is 1.67. The van der Waals surface area contributed by atoms with E-state index >= 15 is 0 Å². The highest BCUT2D eigenvalue weighted by Crippen LogP contribution is 2.27. The highest BCUT2D eigenvalue weighted by molar-refractivity contribution is 7.89. The minimum atomic E-state index is -3.66. The van der Waals surface area contributed by atoms with Crippen LogP contribution < -0.4 is 5.32 Å². The summed E-state index contributed by atoms with van der Waals surface area (Å²) < 4.78 is 26.6. The zero-order valence-electron chi connectivity index (χ0n) is 12.5. The van der Waals surface area contributed by atoms with Crippen molar-refractivity contribution >= 4 is 15.7 Å². The lowest BCUT2D eigenvalue weighted by atomic mass is 10.1. The number of aliphatic hydroxyl groups excluding tert-OH is 1. The largest absolute Gasteiger partial charge is 0.394 e. The molecule has 1 aromatic rings. The zero-order chi connectivity index (χ0) is 15.4. The minimum Gasteiger partial charge on any atom is -0.394 e. The summed E-state index contributed by atoms with van der Waals surface area (Å²) in [6, 6.07) is 6.83. The third-order valence-corrected chi connectivity index (χ3v) is 5.46. The van der Waals surface area contributed by atoms with E-state index in [1.807, 2.05) is 6.92 Å². The highest BCUT2D eigenvalue weighted by atomic mass is 32.2. The summed E-state index contributed by atoms with van der Waals surface area (Å²) in [5.41, 5.74) is -0.258. The predicted molar refractivity (Wildman–Crippen MR) is 81.3 cm³/mol. The van der Waals surface area contributed by atoms with Gasteiger partial charge in [-0.1, -0.05) is 19.1 Å². The van der Waals surface area contributed by atoms with Crippen molar-refractivity contribution in [3.63, 3.8) is 0 Å². The number of aliphatic hydroxyl groups is 1. The predicted octanol–water partition coefficient (Wildman–Crippen LogP) is 1.90. The Morgan fingerprint density at radius 1 is 1.30 bits per heavy atom. The van der Waals surface area contributed by atoms with Gasteiger partial charge in [-0.25, -0.2) is 8.42 Å². The third-order valence-electron chi connectivity index (χ3n) is 3.33. The van der Waals surface area contributed by atoms with Crippen molar-refractivity contribution in [1.82, 2.24) is 4.31 Å². The molecule has 0 saturated heterocycles. The molecule has 0 saturated carbocycles. The number of anilines is 1. The van der Waals surface area contributed by atoms with Gasteiger partial charge in [0.25, 0.3) is 0 Å². The molecule has 0 aliphatic rings. The van der Waals surface area contributed by atoms with Crippen LogP contribution in [-0.4, -0.2) is 43.6 Å². The number of likely N-dealkylation sites (N-methyl/N-ethyl adjacent to an activating group) is 1. The Kier molecular flexibility index (Phi) is 5.56. The van der Waals surface area contributed by atoms with Gasteiger partial charge < -0.3 is 10.4 Å². The molecule has 1 rings (SSSR count). The molecular weight excluding hydrogens is 276 g/mol. The molecule has 0 fully saturated rings. The van der Waals surface area contributed by atoms with Crippen molar-refractivity contribution in [1.29, 1.82) is 0 Å². The van der Waals surface area contributed by atoms with Crippen molar-refractivity contribution in [2.45, 2.75) is 37.6 Å². The van der Waals surface area contributed by atoms with Gasteiger partial charge in [0.15, 0.2) is 0 Å². The summed E-state index contributed by atoms with van der Waals surface area (Å²) >= 11 is 0. The molecule has 0 spiro atoms. The van der Waals surface area contributed by atoms with Crippen LogP contribution in [0.5, 0.6) is 0 Å². The molecular formula is C14H24N2O3S. The summed E-state index contributed by atoms with van der Waals surface area (Å²) in [6.45, 7) is 5.86. The van der Waals surface area contributed by atoms with Crippen molar-refractivity contribution in [3.8, 4) is 0 Å². The lowest BCUT2D eigenvalue weighted by Gasteiger charge is -2.33. The van der Waals surface area contributed by atoms with E-state index in [9.17, 15) is 13.5 Å². The number of para-hydroxylation sites is 1. The van der Waals surface area contributed by atoms with E-state index in [0.717, 1.165) is 6.42 Å². The number of rotatable bonds is 7. The van der Waals surface area contributed by atoms with Gasteiger partial charge in [0.05, 0.1) is 17.8 Å². The molecule has 20 heavy (non-hydrogen) atoms. The first-order valence-electron chi connectivity index (χ1n) is 6.70. The van der Waals surface area contributed by atoms with Gasteiger partial charge in [-0.3, -0.25) is 0 Å². The molecule has 1 aromatic carbocycles. The van der Waals surface area contributed by atoms with Crippen LogP contribution in [0.2, 0.25) is 0 Å². The van der Waals surface area contributed by atoms with Gasteiger partial charge in [0.2, 0.25) is 10.0 Å². The second-order valence-corrected chi connectivity index (χ2v) is 7.30. The van der Waals surface area contributed by atoms with Crippen LogP contribution in [0.15, 0.2) is 29.2 Å². The number of nitrogens with one attached hydrogen (secondary N) is 1. The zero-order valence-corrected chi connectivity index (χ0v) is 13.4. The lowest BCUT2D eigenvalue weighted by molar-refractivity contribution is 0.138. The first-order chi connectivity index (χ1) is 9.27. The molecule has 0 bridgehead atoms. The second kappa shape index (κ2) is 6.56. The second-order valence-electron chi connectivity index (χ2n) is 5.37. The van der Waals surface area contributed by atoms with Gasteiger partial charge in [0, 0.05) is 13.6 Å². The maximum absolute atomic E-state index is 12.7. The van der Waals surface area contributed by atoms with Gasteiger partial charge in [0.1, 0.15) is 4.90 Å². The van der Waals surface area contributed by atoms with Crippen molar-refractivity contribution in [2.24, 2.45) is 0 Å². The van der Waals surface area contributed by atoms with Crippen LogP contribution in [-0.2, 0) is 10.0 Å². The fourth-order valence-corrected chi connectivity index (χ4v) is 3.34. The Morgan fingerprint density at radius 2 is 1.90 bits per heavy atom. The maximum atomic E-state index is 12.7. The molecule has 0 aliphatic carbocycles. The van der Waals surface area contributed by atoms with Crippen molar-refractivity contribution in [2.75, 3.05) is 25.5 Å². The van der Waals surface area contributed by atoms with E-state index in [-0.39, 0.29) is 11.5 Å². The monoisotopic (exact) mass is 300 g/mol. The third kappa shape index (κ3) is 3.50. The maximum Gasteiger partial charge on any atom is 0.245 e. The van der Waals surface area contributed by atoms with E-state index in [1.54, 1.807) is 38.1 Å². The highest BCUT2D eigenvalue weighted by Gasteiger charge is 2.34. The number of hydrogen-bond acceptors (Lipinski definition) is 4. The Labute approximate surface area is 121 Å². The summed E-state index contributed by atoms with van der Waals surface area (Å²) in [4.78, 5) is 0.234. The van der Waals surface area contributed by atoms with Crippen molar-refractivity contribution in [3.05, 3.63) is 24.3 Å². The van der Waals surface area contributed by atoms with Crippen LogP contribution >= 0.6 is 0 Å². The molecule has 2 N–H and O–H groups in total. The fraction of sp³-hybridized carbons (Fsp3) is 0.571. The molecule has 0 atom stereocenters. The quantitative estimate of drug-likeness (QED) is 0.807. The van der Waals surface area contributed by atoms with Crippen LogP contribution in [0, 0.1) is 0 Å². The standard InChI is InChI=1S/C14H24N2O3S/c1-5-10-15-12-8-6-7-9-13(12)20(18,19)16(4)14(2,3)11-17/h6-9,15,17H,5,10-11H2,1-4H3. The lowest BCUT2D eigenvalue weighted by Crippen LogP contribution is -2.47. The van der Waals surface area contributed by atoms with Crippen LogP contribution in [0.4, 0.5) is 5.69 Å². The minimum absolute atomic E-state index is 0.234. The topological polar surface area (TPSA) is 69.6 Å². The normalized spacial score (nSPS) is 12.7.